The Labute approximate surface area is 159 Å². The molecule has 2 heterocycles. The second-order valence-corrected chi connectivity index (χ2v) is 8.60. The summed E-state index contributed by atoms with van der Waals surface area (Å²) < 4.78 is 34.5. The molecule has 0 amide bonds. The third kappa shape index (κ3) is 3.66. The first-order valence-corrected chi connectivity index (χ1v) is 10.4. The Morgan fingerprint density at radius 1 is 0.963 bits per heavy atom. The SMILES string of the molecule is Cc1ccc(Oc2ccc(-c3ccc[n+]4c3NS(=O)(=O)CC4)cc2)cc1C. The smallest absolute Gasteiger partial charge is 0.302 e. The molecule has 6 heteroatoms. The van der Waals surface area contributed by atoms with Crippen LogP contribution in [0.4, 0.5) is 5.82 Å². The number of nitrogens with zero attached hydrogens (tertiary/aromatic N) is 1. The van der Waals surface area contributed by atoms with Crippen molar-refractivity contribution in [2.75, 3.05) is 10.5 Å². The van der Waals surface area contributed by atoms with Gasteiger partial charge in [-0.25, -0.2) is 4.57 Å². The normalized spacial score (nSPS) is 14.9. The Hall–Kier alpha value is -2.86. The van der Waals surface area contributed by atoms with Crippen molar-refractivity contribution in [1.82, 2.24) is 0 Å². The quantitative estimate of drug-likeness (QED) is 0.702. The molecule has 1 aliphatic heterocycles. The Kier molecular flexibility index (Phi) is 4.36. The first kappa shape index (κ1) is 17.5. The van der Waals surface area contributed by atoms with E-state index in [-0.39, 0.29) is 5.75 Å². The number of hydrogen-bond donors (Lipinski definition) is 1. The van der Waals surface area contributed by atoms with E-state index >= 15 is 0 Å². The Morgan fingerprint density at radius 2 is 1.70 bits per heavy atom. The lowest BCUT2D eigenvalue weighted by Crippen LogP contribution is -2.47. The van der Waals surface area contributed by atoms with E-state index in [0.717, 1.165) is 22.6 Å². The van der Waals surface area contributed by atoms with E-state index in [4.69, 9.17) is 4.74 Å². The third-order valence-corrected chi connectivity index (χ3v) is 6.03. The molecule has 0 radical (unpaired) electrons. The van der Waals surface area contributed by atoms with E-state index in [1.54, 1.807) is 0 Å². The molecule has 0 saturated heterocycles. The predicted molar refractivity (Wildman–Crippen MR) is 105 cm³/mol. The first-order chi connectivity index (χ1) is 12.9. The fourth-order valence-electron chi connectivity index (χ4n) is 3.12. The van der Waals surface area contributed by atoms with Gasteiger partial charge in [0, 0.05) is 0 Å². The summed E-state index contributed by atoms with van der Waals surface area (Å²) in [6.07, 6.45) is 1.89. The molecule has 1 N–H and O–H groups in total. The van der Waals surface area contributed by atoms with Crippen LogP contribution >= 0.6 is 0 Å². The molecule has 3 aromatic rings. The van der Waals surface area contributed by atoms with Crippen molar-refractivity contribution in [2.45, 2.75) is 20.4 Å². The molecule has 27 heavy (non-hydrogen) atoms. The van der Waals surface area contributed by atoms with Gasteiger partial charge in [0.2, 0.25) is 0 Å². The average Bonchev–Trinajstić information content (AvgIpc) is 2.64. The number of pyridine rings is 1. The highest BCUT2D eigenvalue weighted by Gasteiger charge is 2.29. The van der Waals surface area contributed by atoms with Gasteiger partial charge >= 0.3 is 10.0 Å². The van der Waals surface area contributed by atoms with E-state index in [9.17, 15) is 8.42 Å². The highest BCUT2D eigenvalue weighted by Crippen LogP contribution is 2.30. The van der Waals surface area contributed by atoms with Gasteiger partial charge in [-0.05, 0) is 66.9 Å². The molecule has 0 saturated carbocycles. The minimum Gasteiger partial charge on any atom is -0.457 e. The Morgan fingerprint density at radius 3 is 2.44 bits per heavy atom. The number of nitrogens with one attached hydrogen (secondary N) is 1. The number of sulfonamides is 1. The molecule has 138 valence electrons. The summed E-state index contributed by atoms with van der Waals surface area (Å²) in [5, 5.41) is 0. The van der Waals surface area contributed by atoms with Crippen LogP contribution in [-0.4, -0.2) is 14.2 Å². The van der Waals surface area contributed by atoms with Crippen LogP contribution in [0.3, 0.4) is 0 Å². The summed E-state index contributed by atoms with van der Waals surface area (Å²) in [4.78, 5) is 0. The number of benzene rings is 2. The van der Waals surface area contributed by atoms with Crippen LogP contribution in [0.5, 0.6) is 11.5 Å². The fourth-order valence-corrected chi connectivity index (χ4v) is 4.18. The minimum absolute atomic E-state index is 0.0941. The maximum absolute atomic E-state index is 12.0. The molecule has 0 unspecified atom stereocenters. The van der Waals surface area contributed by atoms with Crippen LogP contribution in [-0.2, 0) is 16.6 Å². The number of aromatic nitrogens is 1. The van der Waals surface area contributed by atoms with Gasteiger partial charge in [0.25, 0.3) is 5.82 Å². The van der Waals surface area contributed by atoms with Gasteiger partial charge in [-0.15, -0.1) is 0 Å². The molecule has 0 bridgehead atoms. The number of aryl methyl sites for hydroxylation is 3. The summed E-state index contributed by atoms with van der Waals surface area (Å²) in [6, 6.07) is 17.5. The number of hydrogen-bond acceptors (Lipinski definition) is 3. The van der Waals surface area contributed by atoms with Crippen molar-refractivity contribution in [3.8, 4) is 22.6 Å². The second-order valence-electron chi connectivity index (χ2n) is 6.76. The van der Waals surface area contributed by atoms with Gasteiger partial charge in [-0.2, -0.15) is 13.1 Å². The van der Waals surface area contributed by atoms with Gasteiger partial charge in [-0.1, -0.05) is 18.2 Å². The molecular formula is C21H21N2O3S+. The van der Waals surface area contributed by atoms with Crippen LogP contribution in [0.1, 0.15) is 11.1 Å². The molecule has 1 aliphatic rings. The maximum Gasteiger partial charge on any atom is 0.302 e. The van der Waals surface area contributed by atoms with Crippen molar-refractivity contribution in [2.24, 2.45) is 0 Å². The van der Waals surface area contributed by atoms with Crippen molar-refractivity contribution in [3.63, 3.8) is 0 Å². The van der Waals surface area contributed by atoms with Crippen LogP contribution in [0.25, 0.3) is 11.1 Å². The third-order valence-electron chi connectivity index (χ3n) is 4.80. The summed E-state index contributed by atoms with van der Waals surface area (Å²) in [5.74, 6) is 2.23. The van der Waals surface area contributed by atoms with Gasteiger partial charge < -0.3 is 4.74 Å². The molecule has 0 aliphatic carbocycles. The molecule has 5 nitrogen and oxygen atoms in total. The number of rotatable bonds is 3. The lowest BCUT2D eigenvalue weighted by atomic mass is 10.1. The molecule has 0 spiro atoms. The van der Waals surface area contributed by atoms with Gasteiger partial charge in [-0.3, -0.25) is 0 Å². The van der Waals surface area contributed by atoms with Crippen LogP contribution < -0.4 is 14.0 Å². The van der Waals surface area contributed by atoms with E-state index < -0.39 is 10.0 Å². The lowest BCUT2D eigenvalue weighted by molar-refractivity contribution is -0.679. The Bertz CT molecular complexity index is 1110. The number of anilines is 1. The van der Waals surface area contributed by atoms with Gasteiger partial charge in [0.05, 0.1) is 11.8 Å². The van der Waals surface area contributed by atoms with E-state index in [0.29, 0.717) is 12.4 Å². The zero-order valence-electron chi connectivity index (χ0n) is 15.3. The van der Waals surface area contributed by atoms with Crippen molar-refractivity contribution >= 4 is 15.8 Å². The van der Waals surface area contributed by atoms with Gasteiger partial charge in [0.15, 0.2) is 0 Å². The van der Waals surface area contributed by atoms with Crippen LogP contribution in [0, 0.1) is 13.8 Å². The standard InChI is InChI=1S/C21H20N2O3S/c1-15-5-8-19(14-16(15)2)26-18-9-6-17(7-10-18)20-4-3-11-23-12-13-27(24,25)22-21(20)23/h3-11,14H,12-13H2,1-2H3/p+1. The summed E-state index contributed by atoms with van der Waals surface area (Å²) in [7, 11) is -3.28. The van der Waals surface area contributed by atoms with Crippen LogP contribution in [0.15, 0.2) is 60.8 Å². The highest BCUT2D eigenvalue weighted by molar-refractivity contribution is 7.92. The molecule has 1 aromatic heterocycles. The molecular weight excluding hydrogens is 360 g/mol. The minimum atomic E-state index is -3.28. The van der Waals surface area contributed by atoms with Gasteiger partial charge in [0.1, 0.15) is 23.8 Å². The van der Waals surface area contributed by atoms with E-state index in [1.807, 2.05) is 65.4 Å². The molecule has 4 rings (SSSR count). The first-order valence-electron chi connectivity index (χ1n) is 8.80. The zero-order valence-corrected chi connectivity index (χ0v) is 16.1. The van der Waals surface area contributed by atoms with Crippen molar-refractivity contribution < 1.29 is 17.7 Å². The molecule has 2 aromatic carbocycles. The monoisotopic (exact) mass is 381 g/mol. The maximum atomic E-state index is 12.0. The predicted octanol–water partition coefficient (Wildman–Crippen LogP) is 3.81. The average molecular weight is 381 g/mol. The Balaban J connectivity index is 1.62. The number of fused-ring (bicyclic) bond motifs is 1. The fraction of sp³-hybridized carbons (Fsp3) is 0.190. The molecule has 0 fully saturated rings. The topological polar surface area (TPSA) is 59.3 Å². The summed E-state index contributed by atoms with van der Waals surface area (Å²) in [5.41, 5.74) is 4.19. The largest absolute Gasteiger partial charge is 0.457 e. The molecule has 0 atom stereocenters. The van der Waals surface area contributed by atoms with Crippen molar-refractivity contribution in [3.05, 3.63) is 71.9 Å². The highest BCUT2D eigenvalue weighted by atomic mass is 32.2. The van der Waals surface area contributed by atoms with Crippen LogP contribution in [0.2, 0.25) is 0 Å². The summed E-state index contributed by atoms with van der Waals surface area (Å²) >= 11 is 0. The second kappa shape index (κ2) is 6.70. The van der Waals surface area contributed by atoms with E-state index in [1.165, 1.54) is 11.1 Å². The van der Waals surface area contributed by atoms with Crippen molar-refractivity contribution in [1.29, 1.82) is 0 Å². The lowest BCUT2D eigenvalue weighted by Gasteiger charge is -2.16. The zero-order chi connectivity index (χ0) is 19.0. The van der Waals surface area contributed by atoms with E-state index in [2.05, 4.69) is 18.6 Å². The number of ether oxygens (including phenoxy) is 1. The summed E-state index contributed by atoms with van der Waals surface area (Å²) in [6.45, 7) is 4.58.